The SMILES string of the molecule is CC(=O)N(C(=O)C(C)(C)N)c1cc2[nH]c(C(=O)c3cnn(-c4ccc(Oc5ccccc5F)c(C)c4)c3N)cc2cc1OCC(F)F. The van der Waals surface area contributed by atoms with Gasteiger partial charge in [0, 0.05) is 17.8 Å². The lowest BCUT2D eigenvalue weighted by Gasteiger charge is -2.28. The molecule has 5 rings (SSSR count). The average molecular weight is 649 g/mol. The van der Waals surface area contributed by atoms with Gasteiger partial charge in [0.05, 0.1) is 34.4 Å². The van der Waals surface area contributed by atoms with Crippen LogP contribution < -0.4 is 25.8 Å². The number of imide groups is 1. The number of anilines is 2. The van der Waals surface area contributed by atoms with E-state index in [0.29, 0.717) is 27.9 Å². The molecule has 3 aromatic carbocycles. The summed E-state index contributed by atoms with van der Waals surface area (Å²) in [6.07, 6.45) is -1.54. The Hall–Kier alpha value is -5.63. The number of aromatic nitrogens is 3. The first-order valence-electron chi connectivity index (χ1n) is 14.3. The number of halogens is 3. The van der Waals surface area contributed by atoms with Crippen LogP contribution in [-0.4, -0.2) is 50.9 Å². The van der Waals surface area contributed by atoms with Gasteiger partial charge in [0.2, 0.25) is 11.7 Å². The van der Waals surface area contributed by atoms with Crippen LogP contribution in [0.2, 0.25) is 0 Å². The second-order valence-corrected chi connectivity index (χ2v) is 11.3. The van der Waals surface area contributed by atoms with Crippen LogP contribution in [0.15, 0.2) is 66.9 Å². The molecule has 0 fully saturated rings. The van der Waals surface area contributed by atoms with E-state index in [2.05, 4.69) is 10.1 Å². The number of amides is 2. The van der Waals surface area contributed by atoms with E-state index in [1.165, 1.54) is 55.1 Å². The van der Waals surface area contributed by atoms with Crippen molar-refractivity contribution in [3.63, 3.8) is 0 Å². The highest BCUT2D eigenvalue weighted by Gasteiger charge is 2.34. The van der Waals surface area contributed by atoms with Crippen molar-refractivity contribution in [2.75, 3.05) is 17.2 Å². The fourth-order valence-corrected chi connectivity index (χ4v) is 4.83. The minimum absolute atomic E-state index is 0.0241. The quantitative estimate of drug-likeness (QED) is 0.164. The van der Waals surface area contributed by atoms with E-state index in [9.17, 15) is 27.6 Å². The Kier molecular flexibility index (Phi) is 8.81. The number of ketones is 1. The number of rotatable bonds is 10. The third-order valence-electron chi connectivity index (χ3n) is 7.13. The van der Waals surface area contributed by atoms with Gasteiger partial charge in [-0.3, -0.25) is 14.4 Å². The fourth-order valence-electron chi connectivity index (χ4n) is 4.83. The molecular formula is C33H31F3N6O5. The average Bonchev–Trinajstić information content (AvgIpc) is 3.60. The minimum atomic E-state index is -2.84. The van der Waals surface area contributed by atoms with Gasteiger partial charge in [-0.15, -0.1) is 0 Å². The van der Waals surface area contributed by atoms with Crippen molar-refractivity contribution >= 4 is 40.0 Å². The van der Waals surface area contributed by atoms with Gasteiger partial charge in [-0.05, 0) is 74.9 Å². The van der Waals surface area contributed by atoms with Crippen LogP contribution in [0, 0.1) is 12.7 Å². The summed E-state index contributed by atoms with van der Waals surface area (Å²) in [7, 11) is 0. The van der Waals surface area contributed by atoms with Crippen molar-refractivity contribution in [1.82, 2.24) is 14.8 Å². The lowest BCUT2D eigenvalue weighted by molar-refractivity contribution is -0.128. The number of nitrogens with one attached hydrogen (secondary N) is 1. The number of aryl methyl sites for hydroxylation is 1. The summed E-state index contributed by atoms with van der Waals surface area (Å²) in [5.41, 5.74) is 12.3. The molecule has 0 saturated heterocycles. The molecule has 0 radical (unpaired) electrons. The van der Waals surface area contributed by atoms with Gasteiger partial charge < -0.3 is 25.9 Å². The molecule has 0 bridgehead atoms. The van der Waals surface area contributed by atoms with Gasteiger partial charge >= 0.3 is 0 Å². The third kappa shape index (κ3) is 6.67. The molecule has 2 amide bonds. The van der Waals surface area contributed by atoms with Gasteiger partial charge in [0.1, 0.15) is 23.9 Å². The topological polar surface area (TPSA) is 159 Å². The number of ether oxygens (including phenoxy) is 2. The number of fused-ring (bicyclic) bond motifs is 1. The predicted octanol–water partition coefficient (Wildman–Crippen LogP) is 5.67. The third-order valence-corrected chi connectivity index (χ3v) is 7.13. The molecule has 0 saturated carbocycles. The molecule has 0 spiro atoms. The van der Waals surface area contributed by atoms with E-state index in [4.69, 9.17) is 20.9 Å². The molecule has 2 heterocycles. The van der Waals surface area contributed by atoms with E-state index in [1.807, 2.05) is 0 Å². The molecule has 47 heavy (non-hydrogen) atoms. The molecule has 5 N–H and O–H groups in total. The second-order valence-electron chi connectivity index (χ2n) is 11.3. The number of carbonyl (C=O) groups is 3. The summed E-state index contributed by atoms with van der Waals surface area (Å²) in [4.78, 5) is 43.0. The van der Waals surface area contributed by atoms with Crippen LogP contribution >= 0.6 is 0 Å². The zero-order valence-electron chi connectivity index (χ0n) is 25.8. The summed E-state index contributed by atoms with van der Waals surface area (Å²) < 4.78 is 52.6. The lowest BCUT2D eigenvalue weighted by atomic mass is 10.0. The largest absolute Gasteiger partial charge is 0.485 e. The predicted molar refractivity (Wildman–Crippen MR) is 169 cm³/mol. The van der Waals surface area contributed by atoms with Crippen LogP contribution in [0.25, 0.3) is 16.6 Å². The first-order valence-corrected chi connectivity index (χ1v) is 14.3. The highest BCUT2D eigenvalue weighted by Crippen LogP contribution is 2.36. The van der Waals surface area contributed by atoms with Crippen LogP contribution in [0.4, 0.5) is 24.7 Å². The van der Waals surface area contributed by atoms with E-state index < -0.39 is 42.0 Å². The molecular weight excluding hydrogens is 617 g/mol. The number of H-pyrrole nitrogens is 1. The molecule has 0 atom stereocenters. The molecule has 0 aliphatic carbocycles. The molecule has 0 aliphatic heterocycles. The van der Waals surface area contributed by atoms with Crippen LogP contribution in [0.1, 0.15) is 42.4 Å². The number of hydrogen-bond donors (Lipinski definition) is 3. The first kappa shape index (κ1) is 32.8. The lowest BCUT2D eigenvalue weighted by Crippen LogP contribution is -2.53. The van der Waals surface area contributed by atoms with Crippen molar-refractivity contribution in [2.45, 2.75) is 39.7 Å². The molecule has 2 aromatic heterocycles. The Morgan fingerprint density at radius 2 is 1.77 bits per heavy atom. The van der Waals surface area contributed by atoms with Gasteiger partial charge in [-0.25, -0.2) is 22.8 Å². The minimum Gasteiger partial charge on any atom is -0.485 e. The Bertz CT molecular complexity index is 2010. The number of carbonyl (C=O) groups excluding carboxylic acids is 3. The van der Waals surface area contributed by atoms with Gasteiger partial charge in [-0.1, -0.05) is 12.1 Å². The summed E-state index contributed by atoms with van der Waals surface area (Å²) in [5, 5.41) is 4.65. The summed E-state index contributed by atoms with van der Waals surface area (Å²) in [6.45, 7) is 4.68. The standard InChI is InChI=1S/C33H31F3N6O5/c1-17-11-20(9-10-26(17)47-27-8-6-5-7-22(27)34)42-31(37)21(15-39-42)30(44)24-12-19-13-28(46-16-29(35)36)25(14-23(19)40-24)41(18(2)43)32(45)33(3,4)38/h5-15,29,40H,16,37-38H2,1-4H3. The number of aromatic amines is 1. The fraction of sp³-hybridized carbons (Fsp3) is 0.212. The zero-order valence-corrected chi connectivity index (χ0v) is 25.8. The van der Waals surface area contributed by atoms with Crippen LogP contribution in [0.5, 0.6) is 17.2 Å². The maximum absolute atomic E-state index is 14.1. The molecule has 0 unspecified atom stereocenters. The number of nitrogens with zero attached hydrogens (tertiary/aromatic N) is 3. The maximum atomic E-state index is 14.1. The van der Waals surface area contributed by atoms with Gasteiger partial charge in [0.15, 0.2) is 11.6 Å². The van der Waals surface area contributed by atoms with E-state index in [-0.39, 0.29) is 34.3 Å². The highest BCUT2D eigenvalue weighted by molar-refractivity contribution is 6.19. The molecule has 14 heteroatoms. The number of hydrogen-bond acceptors (Lipinski definition) is 8. The van der Waals surface area contributed by atoms with Crippen molar-refractivity contribution in [2.24, 2.45) is 5.73 Å². The van der Waals surface area contributed by atoms with Gasteiger partial charge in [-0.2, -0.15) is 5.10 Å². The first-order chi connectivity index (χ1) is 22.1. The van der Waals surface area contributed by atoms with Gasteiger partial charge in [0.25, 0.3) is 12.3 Å². The molecule has 0 aliphatic rings. The molecule has 5 aromatic rings. The highest BCUT2D eigenvalue weighted by atomic mass is 19.3. The number of nitrogen functional groups attached to an aromatic ring is 1. The van der Waals surface area contributed by atoms with Crippen molar-refractivity contribution < 1.29 is 37.0 Å². The Balaban J connectivity index is 1.48. The maximum Gasteiger partial charge on any atom is 0.272 e. The van der Waals surface area contributed by atoms with Crippen molar-refractivity contribution in [1.29, 1.82) is 0 Å². The van der Waals surface area contributed by atoms with Crippen LogP contribution in [-0.2, 0) is 9.59 Å². The second kappa shape index (κ2) is 12.6. The van der Waals surface area contributed by atoms with E-state index >= 15 is 0 Å². The Labute approximate surface area is 266 Å². The molecule has 244 valence electrons. The number of alkyl halides is 2. The van der Waals surface area contributed by atoms with Crippen molar-refractivity contribution in [3.8, 4) is 22.9 Å². The number of nitrogens with two attached hydrogens (primary N) is 2. The van der Waals surface area contributed by atoms with E-state index in [0.717, 1.165) is 11.8 Å². The summed E-state index contributed by atoms with van der Waals surface area (Å²) >= 11 is 0. The Morgan fingerprint density at radius 3 is 2.40 bits per heavy atom. The monoisotopic (exact) mass is 648 g/mol. The van der Waals surface area contributed by atoms with Crippen molar-refractivity contribution in [3.05, 3.63) is 89.5 Å². The number of para-hydroxylation sites is 1. The molecule has 11 nitrogen and oxygen atoms in total. The zero-order chi connectivity index (χ0) is 34.2. The summed E-state index contributed by atoms with van der Waals surface area (Å²) in [5.74, 6) is -2.25. The van der Waals surface area contributed by atoms with Crippen LogP contribution in [0.3, 0.4) is 0 Å². The van der Waals surface area contributed by atoms with E-state index in [1.54, 1.807) is 37.3 Å². The Morgan fingerprint density at radius 1 is 1.04 bits per heavy atom. The number of benzene rings is 3. The summed E-state index contributed by atoms with van der Waals surface area (Å²) in [6, 6.07) is 15.1. The smallest absolute Gasteiger partial charge is 0.272 e. The normalized spacial score (nSPS) is 11.6.